The highest BCUT2D eigenvalue weighted by Gasteiger charge is 2.43. The van der Waals surface area contributed by atoms with Crippen LogP contribution in [0.15, 0.2) is 29.7 Å². The number of nitro groups is 1. The molecule has 0 radical (unpaired) electrons. The first-order valence-corrected chi connectivity index (χ1v) is 5.96. The molecule has 17 heavy (non-hydrogen) atoms. The van der Waals surface area contributed by atoms with Gasteiger partial charge in [-0.25, -0.2) is 4.79 Å². The molecule has 0 unspecified atom stereocenters. The van der Waals surface area contributed by atoms with Crippen LogP contribution in [0.1, 0.15) is 17.7 Å². The second-order valence-electron chi connectivity index (χ2n) is 4.02. The van der Waals surface area contributed by atoms with E-state index in [1.54, 1.807) is 13.0 Å². The van der Waals surface area contributed by atoms with Gasteiger partial charge in [-0.05, 0) is 24.4 Å². The lowest BCUT2D eigenvalue weighted by molar-refractivity contribution is -0.486. The Morgan fingerprint density at radius 2 is 2.41 bits per heavy atom. The van der Waals surface area contributed by atoms with E-state index in [4.69, 9.17) is 4.74 Å². The minimum absolute atomic E-state index is 0.255. The lowest BCUT2D eigenvalue weighted by Crippen LogP contribution is -2.36. The van der Waals surface area contributed by atoms with Crippen LogP contribution in [-0.2, 0) is 9.53 Å². The quantitative estimate of drug-likeness (QED) is 0.467. The molecule has 0 saturated carbocycles. The first-order chi connectivity index (χ1) is 8.01. The summed E-state index contributed by atoms with van der Waals surface area (Å²) in [5, 5.41) is 12.6. The van der Waals surface area contributed by atoms with Crippen molar-refractivity contribution in [2.75, 3.05) is 6.54 Å². The Labute approximate surface area is 102 Å². The second-order valence-corrected chi connectivity index (χ2v) is 5.00. The van der Waals surface area contributed by atoms with Crippen LogP contribution in [0, 0.1) is 10.1 Å². The summed E-state index contributed by atoms with van der Waals surface area (Å²) in [7, 11) is 0. The van der Waals surface area contributed by atoms with Gasteiger partial charge in [0.25, 0.3) is 0 Å². The average Bonchev–Trinajstić information content (AvgIpc) is 2.85. The molecule has 5 nitrogen and oxygen atoms in total. The summed E-state index contributed by atoms with van der Waals surface area (Å²) in [4.78, 5) is 22.3. The van der Waals surface area contributed by atoms with E-state index < -0.39 is 17.5 Å². The van der Waals surface area contributed by atoms with Crippen LogP contribution in [-0.4, -0.2) is 23.0 Å². The summed E-state index contributed by atoms with van der Waals surface area (Å²) in [5.74, 6) is -0.891. The number of hydrogen-bond donors (Lipinski definition) is 0. The Morgan fingerprint density at radius 1 is 1.65 bits per heavy atom. The minimum Gasteiger partial charge on any atom is -0.451 e. The zero-order valence-corrected chi connectivity index (χ0v) is 9.98. The van der Waals surface area contributed by atoms with Gasteiger partial charge >= 0.3 is 5.97 Å². The van der Waals surface area contributed by atoms with Gasteiger partial charge in [-0.3, -0.25) is 10.1 Å². The third-order valence-corrected chi connectivity index (χ3v) is 3.77. The van der Waals surface area contributed by atoms with Crippen molar-refractivity contribution >= 4 is 17.3 Å². The molecular formula is C11H11NO4S. The maximum absolute atomic E-state index is 11.1. The van der Waals surface area contributed by atoms with E-state index in [0.29, 0.717) is 0 Å². The molecule has 0 aliphatic carbocycles. The largest absolute Gasteiger partial charge is 0.451 e. The molecule has 90 valence electrons. The smallest absolute Gasteiger partial charge is 0.331 e. The van der Waals surface area contributed by atoms with Crippen LogP contribution in [0.5, 0.6) is 0 Å². The van der Waals surface area contributed by atoms with Crippen molar-refractivity contribution < 1.29 is 14.5 Å². The van der Waals surface area contributed by atoms with Crippen LogP contribution < -0.4 is 0 Å². The van der Waals surface area contributed by atoms with Gasteiger partial charge in [-0.1, -0.05) is 6.07 Å². The molecule has 2 rings (SSSR count). The van der Waals surface area contributed by atoms with Gasteiger partial charge in [-0.15, -0.1) is 11.3 Å². The minimum atomic E-state index is -0.922. The van der Waals surface area contributed by atoms with Crippen LogP contribution in [0.3, 0.4) is 0 Å². The van der Waals surface area contributed by atoms with Crippen LogP contribution in [0.4, 0.5) is 0 Å². The zero-order chi connectivity index (χ0) is 12.5. The van der Waals surface area contributed by atoms with Crippen molar-refractivity contribution in [3.8, 4) is 0 Å². The monoisotopic (exact) mass is 253 g/mol. The Balaban J connectivity index is 2.31. The fourth-order valence-corrected chi connectivity index (χ4v) is 2.84. The number of cyclic esters (lactones) is 1. The summed E-state index contributed by atoms with van der Waals surface area (Å²) in [6.45, 7) is 1.44. The van der Waals surface area contributed by atoms with E-state index in [-0.39, 0.29) is 11.5 Å². The molecule has 0 saturated heterocycles. The van der Waals surface area contributed by atoms with Gasteiger partial charge in [0.05, 0.1) is 0 Å². The second kappa shape index (κ2) is 4.29. The van der Waals surface area contributed by atoms with Gasteiger partial charge in [-0.2, -0.15) is 0 Å². The van der Waals surface area contributed by atoms with Gasteiger partial charge < -0.3 is 4.74 Å². The van der Waals surface area contributed by atoms with E-state index in [0.717, 1.165) is 4.88 Å². The molecule has 1 aliphatic rings. The van der Waals surface area contributed by atoms with Crippen molar-refractivity contribution in [1.82, 2.24) is 0 Å². The van der Waals surface area contributed by atoms with Crippen molar-refractivity contribution in [1.29, 1.82) is 0 Å². The number of rotatable bonds is 4. The first-order valence-electron chi connectivity index (χ1n) is 5.09. The van der Waals surface area contributed by atoms with Gasteiger partial charge in [0.2, 0.25) is 6.54 Å². The highest BCUT2D eigenvalue weighted by Crippen LogP contribution is 2.37. The summed E-state index contributed by atoms with van der Waals surface area (Å²) in [6.07, 6.45) is 2.92. The number of thiophene rings is 1. The van der Waals surface area contributed by atoms with Gasteiger partial charge in [0.1, 0.15) is 11.5 Å². The lowest BCUT2D eigenvalue weighted by atomic mass is 9.88. The first kappa shape index (κ1) is 11.8. The molecule has 0 spiro atoms. The van der Waals surface area contributed by atoms with Crippen molar-refractivity contribution in [3.63, 3.8) is 0 Å². The highest BCUT2D eigenvalue weighted by molar-refractivity contribution is 7.10. The molecule has 0 amide bonds. The molecular weight excluding hydrogens is 242 g/mol. The van der Waals surface area contributed by atoms with E-state index >= 15 is 0 Å². The molecule has 0 bridgehead atoms. The molecule has 0 aromatic carbocycles. The lowest BCUT2D eigenvalue weighted by Gasteiger charge is -2.28. The normalized spacial score (nSPS) is 24.6. The fraction of sp³-hybridized carbons (Fsp3) is 0.364. The maximum Gasteiger partial charge on any atom is 0.331 e. The summed E-state index contributed by atoms with van der Waals surface area (Å²) < 4.78 is 5.19. The molecule has 0 fully saturated rings. The molecule has 1 aromatic heterocycles. The predicted molar refractivity (Wildman–Crippen MR) is 62.6 cm³/mol. The number of carbonyl (C=O) groups excluding carboxylic acids is 1. The molecule has 2 atom stereocenters. The Bertz CT molecular complexity index is 468. The number of nitrogens with zero attached hydrogens (tertiary/aromatic N) is 1. The van der Waals surface area contributed by atoms with Crippen molar-refractivity contribution in [2.24, 2.45) is 0 Å². The van der Waals surface area contributed by atoms with E-state index in [2.05, 4.69) is 0 Å². The van der Waals surface area contributed by atoms with Crippen LogP contribution in [0.2, 0.25) is 0 Å². The summed E-state index contributed by atoms with van der Waals surface area (Å²) in [6, 6.07) is 3.65. The molecule has 2 heterocycles. The highest BCUT2D eigenvalue weighted by atomic mass is 32.1. The third-order valence-electron chi connectivity index (χ3n) is 2.78. The third kappa shape index (κ3) is 2.36. The predicted octanol–water partition coefficient (Wildman–Crippen LogP) is 1.98. The molecule has 0 N–H and O–H groups in total. The maximum atomic E-state index is 11.1. The molecule has 1 aromatic rings. The van der Waals surface area contributed by atoms with Gasteiger partial charge in [0.15, 0.2) is 0 Å². The van der Waals surface area contributed by atoms with E-state index in [9.17, 15) is 14.9 Å². The number of ether oxygens (including phenoxy) is 1. The molecule has 6 heteroatoms. The molecule has 1 aliphatic heterocycles. The van der Waals surface area contributed by atoms with Crippen LogP contribution >= 0.6 is 11.3 Å². The van der Waals surface area contributed by atoms with E-state index in [1.807, 2.05) is 17.5 Å². The zero-order valence-electron chi connectivity index (χ0n) is 9.16. The van der Waals surface area contributed by atoms with Gasteiger partial charge in [0, 0.05) is 15.9 Å². The number of esters is 1. The van der Waals surface area contributed by atoms with Crippen molar-refractivity contribution in [3.05, 3.63) is 44.7 Å². The fourth-order valence-electron chi connectivity index (χ4n) is 1.90. The Morgan fingerprint density at radius 3 is 2.88 bits per heavy atom. The number of hydrogen-bond acceptors (Lipinski definition) is 5. The standard InChI is InChI=1S/C11H11NO4S/c1-11(5-4-10(13)16-11)8(7-12(14)15)9-3-2-6-17-9/h2-6,8H,7H2,1H3/t8-,11+/m1/s1. The summed E-state index contributed by atoms with van der Waals surface area (Å²) in [5.41, 5.74) is -0.922. The van der Waals surface area contributed by atoms with E-state index in [1.165, 1.54) is 17.4 Å². The average molecular weight is 253 g/mol. The Hall–Kier alpha value is -1.69. The van der Waals surface area contributed by atoms with Crippen LogP contribution in [0.25, 0.3) is 0 Å². The Kier molecular flexibility index (Phi) is 2.97. The number of carbonyl (C=O) groups is 1. The summed E-state index contributed by atoms with van der Waals surface area (Å²) >= 11 is 1.43. The SMILES string of the molecule is C[C@@]1([C@H](C[N+](=O)[O-])c2cccs2)C=CC(=O)O1. The topological polar surface area (TPSA) is 69.4 Å². The van der Waals surface area contributed by atoms with Crippen molar-refractivity contribution in [2.45, 2.75) is 18.4 Å².